The Kier molecular flexibility index (Phi) is 4.12. The highest BCUT2D eigenvalue weighted by atomic mass is 16.7. The van der Waals surface area contributed by atoms with E-state index in [1.807, 2.05) is 60.5 Å². The van der Waals surface area contributed by atoms with Crippen LogP contribution in [0.15, 0.2) is 12.1 Å². The summed E-state index contributed by atoms with van der Waals surface area (Å²) in [6.07, 6.45) is 1.95. The van der Waals surface area contributed by atoms with Crippen LogP contribution in [-0.2, 0) is 14.0 Å². The zero-order valence-electron chi connectivity index (χ0n) is 12.2. The van der Waals surface area contributed by atoms with Crippen LogP contribution in [0.4, 0.5) is 0 Å². The maximum atomic E-state index is 5.83. The predicted molar refractivity (Wildman–Crippen MR) is 70.9 cm³/mol. The molecular weight excluding hydrogens is 215 g/mol. The summed E-state index contributed by atoms with van der Waals surface area (Å²) in [6, 6.07) is 0. The van der Waals surface area contributed by atoms with Crippen molar-refractivity contribution < 1.29 is 14.0 Å². The lowest BCUT2D eigenvalue weighted by Gasteiger charge is -2.32. The molecule has 0 atom stereocenters. The highest BCUT2D eigenvalue weighted by molar-refractivity contribution is 6.51. The molecule has 0 aliphatic carbocycles. The fraction of sp³-hybridized carbons (Fsp3) is 0.846. The van der Waals surface area contributed by atoms with Gasteiger partial charge in [-0.15, -0.1) is 0 Å². The van der Waals surface area contributed by atoms with Crippen LogP contribution in [0.1, 0.15) is 48.5 Å². The molecule has 0 bridgehead atoms. The Labute approximate surface area is 106 Å². The Morgan fingerprint density at radius 2 is 1.53 bits per heavy atom. The Morgan fingerprint density at radius 3 is 1.94 bits per heavy atom. The second kappa shape index (κ2) is 4.75. The van der Waals surface area contributed by atoms with Crippen LogP contribution in [0.2, 0.25) is 0 Å². The quantitative estimate of drug-likeness (QED) is 0.710. The Bertz CT molecular complexity index is 274. The van der Waals surface area contributed by atoms with Crippen LogP contribution in [0.5, 0.6) is 0 Å². The molecule has 1 fully saturated rings. The molecule has 0 aromatic rings. The number of hydrogen-bond acceptors (Lipinski definition) is 3. The molecule has 1 aliphatic heterocycles. The molecule has 0 aromatic heterocycles. The van der Waals surface area contributed by atoms with Gasteiger partial charge in [0.05, 0.1) is 23.4 Å². The standard InChI is InChI=1S/C13H25BO3/c1-11(2,3)15-10-8-9-14-16-12(4,5)13(6,7)17-14/h8-9H,10H2,1-7H3/b9-8+. The summed E-state index contributed by atoms with van der Waals surface area (Å²) >= 11 is 0. The molecule has 3 nitrogen and oxygen atoms in total. The van der Waals surface area contributed by atoms with E-state index in [2.05, 4.69) is 0 Å². The van der Waals surface area contributed by atoms with Gasteiger partial charge in [-0.1, -0.05) is 12.1 Å². The molecule has 1 rings (SSSR count). The molecule has 1 aliphatic rings. The van der Waals surface area contributed by atoms with E-state index in [1.165, 1.54) is 0 Å². The summed E-state index contributed by atoms with van der Waals surface area (Å²) in [6.45, 7) is 14.9. The van der Waals surface area contributed by atoms with Gasteiger partial charge in [-0.3, -0.25) is 0 Å². The van der Waals surface area contributed by atoms with Crippen LogP contribution in [0, 0.1) is 0 Å². The van der Waals surface area contributed by atoms with Crippen LogP contribution >= 0.6 is 0 Å². The Morgan fingerprint density at radius 1 is 1.06 bits per heavy atom. The first-order valence-corrected chi connectivity index (χ1v) is 6.20. The summed E-state index contributed by atoms with van der Waals surface area (Å²) in [5, 5.41) is 0. The van der Waals surface area contributed by atoms with Gasteiger partial charge in [0.15, 0.2) is 0 Å². The van der Waals surface area contributed by atoms with Gasteiger partial charge in [-0.2, -0.15) is 0 Å². The minimum absolute atomic E-state index is 0.111. The largest absolute Gasteiger partial charge is 0.486 e. The number of rotatable bonds is 3. The molecule has 0 spiro atoms. The fourth-order valence-electron chi connectivity index (χ4n) is 1.43. The first-order chi connectivity index (χ1) is 7.54. The molecule has 0 aromatic carbocycles. The van der Waals surface area contributed by atoms with Gasteiger partial charge in [0.25, 0.3) is 0 Å². The predicted octanol–water partition coefficient (Wildman–Crippen LogP) is 2.99. The van der Waals surface area contributed by atoms with Crippen molar-refractivity contribution in [3.63, 3.8) is 0 Å². The van der Waals surface area contributed by atoms with E-state index >= 15 is 0 Å². The molecule has 98 valence electrons. The second-order valence-corrected chi connectivity index (χ2v) is 6.48. The zero-order valence-corrected chi connectivity index (χ0v) is 12.2. The first-order valence-electron chi connectivity index (χ1n) is 6.20. The first kappa shape index (κ1) is 14.7. The van der Waals surface area contributed by atoms with E-state index in [0.717, 1.165) is 0 Å². The minimum Gasteiger partial charge on any atom is -0.400 e. The van der Waals surface area contributed by atoms with Crippen LogP contribution in [0.3, 0.4) is 0 Å². The van der Waals surface area contributed by atoms with Crippen LogP contribution in [-0.4, -0.2) is 30.5 Å². The molecule has 0 N–H and O–H groups in total. The van der Waals surface area contributed by atoms with E-state index in [1.54, 1.807) is 0 Å². The normalized spacial score (nSPS) is 23.6. The van der Waals surface area contributed by atoms with Gasteiger partial charge in [0, 0.05) is 0 Å². The molecule has 0 amide bonds. The summed E-state index contributed by atoms with van der Waals surface area (Å²) in [7, 11) is -0.274. The summed E-state index contributed by atoms with van der Waals surface area (Å²) in [5.41, 5.74) is -0.653. The second-order valence-electron chi connectivity index (χ2n) is 6.48. The topological polar surface area (TPSA) is 27.7 Å². The maximum absolute atomic E-state index is 5.83. The van der Waals surface area contributed by atoms with Gasteiger partial charge in [-0.05, 0) is 48.5 Å². The molecule has 0 saturated carbocycles. The third kappa shape index (κ3) is 4.13. The summed E-state index contributed by atoms with van der Waals surface area (Å²) in [5.74, 6) is 1.92. The Hall–Kier alpha value is -0.315. The van der Waals surface area contributed by atoms with E-state index in [9.17, 15) is 0 Å². The van der Waals surface area contributed by atoms with Crippen LogP contribution < -0.4 is 0 Å². The molecule has 1 saturated heterocycles. The monoisotopic (exact) mass is 240 g/mol. The smallest absolute Gasteiger partial charge is 0.400 e. The Balaban J connectivity index is 2.43. The third-order valence-corrected chi connectivity index (χ3v) is 3.18. The van der Waals surface area contributed by atoms with Gasteiger partial charge in [0.1, 0.15) is 0 Å². The molecule has 0 radical (unpaired) electrons. The third-order valence-electron chi connectivity index (χ3n) is 3.18. The maximum Gasteiger partial charge on any atom is 0.486 e. The lowest BCUT2D eigenvalue weighted by Crippen LogP contribution is -2.41. The molecule has 0 unspecified atom stereocenters. The lowest BCUT2D eigenvalue weighted by atomic mass is 9.90. The van der Waals surface area contributed by atoms with Crippen molar-refractivity contribution >= 4 is 7.12 Å². The van der Waals surface area contributed by atoms with Crippen molar-refractivity contribution in [2.45, 2.75) is 65.3 Å². The van der Waals surface area contributed by atoms with Gasteiger partial charge in [-0.25, -0.2) is 0 Å². The molecule has 4 heteroatoms. The minimum atomic E-state index is -0.274. The van der Waals surface area contributed by atoms with Crippen molar-refractivity contribution in [3.05, 3.63) is 12.1 Å². The molecular formula is C13H25BO3. The zero-order chi connectivity index (χ0) is 13.3. The average Bonchev–Trinajstić information content (AvgIpc) is 2.28. The van der Waals surface area contributed by atoms with E-state index in [0.29, 0.717) is 6.61 Å². The van der Waals surface area contributed by atoms with Crippen LogP contribution in [0.25, 0.3) is 0 Å². The number of hydrogen-bond donors (Lipinski definition) is 0. The molecule has 17 heavy (non-hydrogen) atoms. The fourth-order valence-corrected chi connectivity index (χ4v) is 1.43. The van der Waals surface area contributed by atoms with E-state index < -0.39 is 0 Å². The van der Waals surface area contributed by atoms with Gasteiger partial charge >= 0.3 is 7.12 Å². The highest BCUT2D eigenvalue weighted by Crippen LogP contribution is 2.36. The number of ether oxygens (including phenoxy) is 1. The highest BCUT2D eigenvalue weighted by Gasteiger charge is 2.49. The average molecular weight is 240 g/mol. The lowest BCUT2D eigenvalue weighted by molar-refractivity contribution is 0.00578. The van der Waals surface area contributed by atoms with Crippen molar-refractivity contribution in [2.24, 2.45) is 0 Å². The van der Waals surface area contributed by atoms with E-state index in [4.69, 9.17) is 14.0 Å². The SMILES string of the molecule is CC(C)(C)OC/C=C/B1OC(C)(C)C(C)(C)O1. The van der Waals surface area contributed by atoms with Crippen molar-refractivity contribution in [1.29, 1.82) is 0 Å². The van der Waals surface area contributed by atoms with E-state index in [-0.39, 0.29) is 23.9 Å². The van der Waals surface area contributed by atoms with Crippen molar-refractivity contribution in [2.75, 3.05) is 6.61 Å². The van der Waals surface area contributed by atoms with Gasteiger partial charge in [0.2, 0.25) is 0 Å². The van der Waals surface area contributed by atoms with Gasteiger partial charge < -0.3 is 14.0 Å². The van der Waals surface area contributed by atoms with Crippen molar-refractivity contribution in [1.82, 2.24) is 0 Å². The van der Waals surface area contributed by atoms with Crippen molar-refractivity contribution in [3.8, 4) is 0 Å². The summed E-state index contributed by atoms with van der Waals surface area (Å²) in [4.78, 5) is 0. The molecule has 1 heterocycles. The summed E-state index contributed by atoms with van der Waals surface area (Å²) < 4.78 is 17.3.